The molecule has 0 spiro atoms. The molecule has 100 valence electrons. The summed E-state index contributed by atoms with van der Waals surface area (Å²) in [6, 6.07) is 10.2. The first-order valence-electron chi connectivity index (χ1n) is 6.79. The zero-order chi connectivity index (χ0) is 13.4. The van der Waals surface area contributed by atoms with Gasteiger partial charge in [0.15, 0.2) is 11.2 Å². The molecule has 0 saturated heterocycles. The standard InChI is InChI=1S/C16H18O2S/c1-10-8-13(17)15-11(2)16(18-14(15)9-10)19-12-6-4-3-5-7-12/h3-7,10-11,16H,8-9H2,1-2H3/t10?,11-,16-/m0/s1. The Bertz CT molecular complexity index is 521. The van der Waals surface area contributed by atoms with Crippen molar-refractivity contribution in [1.29, 1.82) is 0 Å². The molecule has 1 heterocycles. The van der Waals surface area contributed by atoms with Gasteiger partial charge in [0.2, 0.25) is 0 Å². The Morgan fingerprint density at radius 1 is 1.16 bits per heavy atom. The summed E-state index contributed by atoms with van der Waals surface area (Å²) in [4.78, 5) is 13.3. The molecule has 0 saturated carbocycles. The number of hydrogen-bond donors (Lipinski definition) is 0. The minimum Gasteiger partial charge on any atom is -0.483 e. The normalized spacial score (nSPS) is 30.2. The lowest BCUT2D eigenvalue weighted by Gasteiger charge is -2.18. The van der Waals surface area contributed by atoms with Gasteiger partial charge in [-0.3, -0.25) is 4.79 Å². The number of hydrogen-bond acceptors (Lipinski definition) is 3. The van der Waals surface area contributed by atoms with Crippen molar-refractivity contribution in [2.45, 2.75) is 37.0 Å². The fourth-order valence-corrected chi connectivity index (χ4v) is 3.92. The van der Waals surface area contributed by atoms with E-state index in [1.54, 1.807) is 11.8 Å². The summed E-state index contributed by atoms with van der Waals surface area (Å²) >= 11 is 1.71. The smallest absolute Gasteiger partial charge is 0.162 e. The van der Waals surface area contributed by atoms with Crippen LogP contribution in [0.1, 0.15) is 26.7 Å². The Kier molecular flexibility index (Phi) is 3.40. The largest absolute Gasteiger partial charge is 0.483 e. The van der Waals surface area contributed by atoms with Crippen LogP contribution in [0.4, 0.5) is 0 Å². The van der Waals surface area contributed by atoms with Crippen molar-refractivity contribution >= 4 is 17.5 Å². The summed E-state index contributed by atoms with van der Waals surface area (Å²) in [5, 5.41) is 0. The minimum absolute atomic E-state index is 0.0432. The zero-order valence-electron chi connectivity index (χ0n) is 11.3. The number of rotatable bonds is 2. The molecule has 3 rings (SSSR count). The summed E-state index contributed by atoms with van der Waals surface area (Å²) < 4.78 is 6.04. The molecular formula is C16H18O2S. The van der Waals surface area contributed by atoms with Crippen molar-refractivity contribution < 1.29 is 9.53 Å². The molecular weight excluding hydrogens is 256 g/mol. The van der Waals surface area contributed by atoms with E-state index in [0.29, 0.717) is 12.3 Å². The number of Topliss-reactive ketones (excluding diaryl/α,β-unsaturated/α-hetero) is 1. The number of ketones is 1. The van der Waals surface area contributed by atoms with E-state index in [1.165, 1.54) is 4.90 Å². The van der Waals surface area contributed by atoms with Gasteiger partial charge in [0.05, 0.1) is 0 Å². The lowest BCUT2D eigenvalue weighted by atomic mass is 9.85. The predicted octanol–water partition coefficient (Wildman–Crippen LogP) is 4.02. The highest BCUT2D eigenvalue weighted by Gasteiger charge is 2.40. The van der Waals surface area contributed by atoms with E-state index >= 15 is 0 Å². The maximum atomic E-state index is 12.1. The van der Waals surface area contributed by atoms with E-state index in [0.717, 1.165) is 17.8 Å². The summed E-state index contributed by atoms with van der Waals surface area (Å²) in [6.07, 6.45) is 1.59. The van der Waals surface area contributed by atoms with Crippen molar-refractivity contribution in [3.05, 3.63) is 41.7 Å². The Hall–Kier alpha value is -1.22. The summed E-state index contributed by atoms with van der Waals surface area (Å²) in [7, 11) is 0. The third-order valence-electron chi connectivity index (χ3n) is 3.79. The number of benzene rings is 1. The van der Waals surface area contributed by atoms with Gasteiger partial charge < -0.3 is 4.74 Å². The third kappa shape index (κ3) is 2.44. The fraction of sp³-hybridized carbons (Fsp3) is 0.438. The highest BCUT2D eigenvalue weighted by atomic mass is 32.2. The van der Waals surface area contributed by atoms with E-state index < -0.39 is 0 Å². The molecule has 19 heavy (non-hydrogen) atoms. The molecule has 1 aromatic carbocycles. The number of carbonyl (C=O) groups excluding carboxylic acids is 1. The van der Waals surface area contributed by atoms with Gasteiger partial charge in [0.25, 0.3) is 0 Å². The van der Waals surface area contributed by atoms with Crippen LogP contribution in [-0.4, -0.2) is 11.2 Å². The fourth-order valence-electron chi connectivity index (χ4n) is 2.84. The molecule has 0 fully saturated rings. The lowest BCUT2D eigenvalue weighted by molar-refractivity contribution is -0.117. The van der Waals surface area contributed by atoms with Crippen LogP contribution in [0.2, 0.25) is 0 Å². The number of carbonyl (C=O) groups is 1. The number of allylic oxidation sites excluding steroid dienone is 1. The highest BCUT2D eigenvalue weighted by Crippen LogP contribution is 2.45. The van der Waals surface area contributed by atoms with Crippen LogP contribution in [-0.2, 0) is 9.53 Å². The van der Waals surface area contributed by atoms with Gasteiger partial charge in [0, 0.05) is 29.2 Å². The van der Waals surface area contributed by atoms with Crippen LogP contribution in [0.25, 0.3) is 0 Å². The zero-order valence-corrected chi connectivity index (χ0v) is 12.1. The molecule has 2 nitrogen and oxygen atoms in total. The van der Waals surface area contributed by atoms with Crippen LogP contribution in [0, 0.1) is 11.8 Å². The van der Waals surface area contributed by atoms with Crippen LogP contribution in [0.3, 0.4) is 0 Å². The van der Waals surface area contributed by atoms with Gasteiger partial charge in [0.1, 0.15) is 5.76 Å². The first kappa shape index (κ1) is 12.8. The van der Waals surface area contributed by atoms with Crippen molar-refractivity contribution in [3.63, 3.8) is 0 Å². The molecule has 1 unspecified atom stereocenters. The molecule has 2 aliphatic rings. The van der Waals surface area contributed by atoms with Gasteiger partial charge in [-0.15, -0.1) is 0 Å². The first-order valence-corrected chi connectivity index (χ1v) is 7.67. The van der Waals surface area contributed by atoms with Gasteiger partial charge in [-0.05, 0) is 18.1 Å². The molecule has 3 heteroatoms. The average molecular weight is 274 g/mol. The topological polar surface area (TPSA) is 26.3 Å². The van der Waals surface area contributed by atoms with E-state index in [-0.39, 0.29) is 17.1 Å². The van der Waals surface area contributed by atoms with Crippen LogP contribution in [0.5, 0.6) is 0 Å². The Balaban J connectivity index is 1.77. The van der Waals surface area contributed by atoms with Crippen molar-refractivity contribution in [2.24, 2.45) is 11.8 Å². The van der Waals surface area contributed by atoms with Crippen molar-refractivity contribution in [1.82, 2.24) is 0 Å². The second-order valence-electron chi connectivity index (χ2n) is 5.48. The molecule has 0 radical (unpaired) electrons. The molecule has 3 atom stereocenters. The summed E-state index contributed by atoms with van der Waals surface area (Å²) in [5.41, 5.74) is 0.994. The Morgan fingerprint density at radius 3 is 2.63 bits per heavy atom. The second kappa shape index (κ2) is 5.04. The molecule has 1 aromatic rings. The molecule has 1 aliphatic carbocycles. The maximum Gasteiger partial charge on any atom is 0.162 e. The van der Waals surface area contributed by atoms with Crippen LogP contribution < -0.4 is 0 Å². The van der Waals surface area contributed by atoms with Crippen molar-refractivity contribution in [3.8, 4) is 0 Å². The Morgan fingerprint density at radius 2 is 1.89 bits per heavy atom. The molecule has 0 aromatic heterocycles. The molecule has 0 bridgehead atoms. The average Bonchev–Trinajstić information content (AvgIpc) is 2.67. The number of ether oxygens (including phenoxy) is 1. The van der Waals surface area contributed by atoms with Crippen molar-refractivity contribution in [2.75, 3.05) is 0 Å². The van der Waals surface area contributed by atoms with Crippen LogP contribution in [0.15, 0.2) is 46.6 Å². The first-order chi connectivity index (χ1) is 9.15. The highest BCUT2D eigenvalue weighted by molar-refractivity contribution is 7.99. The maximum absolute atomic E-state index is 12.1. The molecule has 1 aliphatic heterocycles. The van der Waals surface area contributed by atoms with E-state index in [9.17, 15) is 4.79 Å². The number of thioether (sulfide) groups is 1. The van der Waals surface area contributed by atoms with Crippen LogP contribution >= 0.6 is 11.8 Å². The lowest BCUT2D eigenvalue weighted by Crippen LogP contribution is -2.19. The van der Waals surface area contributed by atoms with Gasteiger partial charge in [-0.1, -0.05) is 43.8 Å². The van der Waals surface area contributed by atoms with E-state index in [2.05, 4.69) is 26.0 Å². The van der Waals surface area contributed by atoms with E-state index in [4.69, 9.17) is 4.74 Å². The van der Waals surface area contributed by atoms with E-state index in [1.807, 2.05) is 18.2 Å². The minimum atomic E-state index is 0.0432. The third-order valence-corrected chi connectivity index (χ3v) is 5.07. The Labute approximate surface area is 118 Å². The monoisotopic (exact) mass is 274 g/mol. The second-order valence-corrected chi connectivity index (χ2v) is 6.65. The molecule has 0 N–H and O–H groups in total. The van der Waals surface area contributed by atoms with Gasteiger partial charge in [-0.2, -0.15) is 0 Å². The SMILES string of the molecule is CC1CC(=O)C2=C(C1)O[C@@H](Sc1ccccc1)[C@H]2C. The molecule has 0 amide bonds. The summed E-state index contributed by atoms with van der Waals surface area (Å²) in [6.45, 7) is 4.23. The quantitative estimate of drug-likeness (QED) is 0.814. The summed E-state index contributed by atoms with van der Waals surface area (Å²) in [5.74, 6) is 1.85. The van der Waals surface area contributed by atoms with Gasteiger partial charge >= 0.3 is 0 Å². The predicted molar refractivity (Wildman–Crippen MR) is 76.8 cm³/mol. The van der Waals surface area contributed by atoms with Gasteiger partial charge in [-0.25, -0.2) is 0 Å².